The van der Waals surface area contributed by atoms with Gasteiger partial charge in [0.2, 0.25) is 0 Å². The van der Waals surface area contributed by atoms with Crippen LogP contribution in [0, 0.1) is 0 Å². The van der Waals surface area contributed by atoms with Crippen molar-refractivity contribution in [2.24, 2.45) is 0 Å². The summed E-state index contributed by atoms with van der Waals surface area (Å²) >= 11 is 0. The largest absolute Gasteiger partial charge is 0.465 e. The summed E-state index contributed by atoms with van der Waals surface area (Å²) in [6.45, 7) is 11.0. The third-order valence-electron chi connectivity index (χ3n) is 6.06. The van der Waals surface area contributed by atoms with Crippen LogP contribution in [0.5, 0.6) is 0 Å². The summed E-state index contributed by atoms with van der Waals surface area (Å²) in [5, 5.41) is 8.93. The molecule has 0 saturated carbocycles. The highest BCUT2D eigenvalue weighted by atomic mass is 16.5. The van der Waals surface area contributed by atoms with E-state index in [4.69, 9.17) is 4.74 Å². The Morgan fingerprint density at radius 1 is 1.19 bits per heavy atom. The number of piperazine rings is 1. The average molecular weight is 420 g/mol. The lowest BCUT2D eigenvalue weighted by atomic mass is 10.0. The number of para-hydroxylation sites is 1. The molecule has 3 aromatic rings. The van der Waals surface area contributed by atoms with Crippen molar-refractivity contribution in [3.05, 3.63) is 72.3 Å². The summed E-state index contributed by atoms with van der Waals surface area (Å²) in [5.74, 6) is -0.346. The van der Waals surface area contributed by atoms with Crippen LogP contribution in [-0.2, 0) is 4.74 Å². The number of benzene rings is 2. The fourth-order valence-electron chi connectivity index (χ4n) is 4.47. The highest BCUT2D eigenvalue weighted by Gasteiger charge is 2.35. The third-order valence-corrected chi connectivity index (χ3v) is 6.06. The quantitative estimate of drug-likeness (QED) is 0.451. The zero-order valence-corrected chi connectivity index (χ0v) is 18.3. The summed E-state index contributed by atoms with van der Waals surface area (Å²) < 4.78 is 6.92. The van der Waals surface area contributed by atoms with Crippen LogP contribution in [0.2, 0.25) is 0 Å². The first-order chi connectivity index (χ1) is 15.0. The van der Waals surface area contributed by atoms with Gasteiger partial charge in [0.15, 0.2) is 0 Å². The van der Waals surface area contributed by atoms with Crippen molar-refractivity contribution in [3.63, 3.8) is 0 Å². The monoisotopic (exact) mass is 419 g/mol. The van der Waals surface area contributed by atoms with Crippen molar-refractivity contribution in [3.8, 4) is 0 Å². The number of nitrogens with zero attached hydrogens (tertiary/aromatic N) is 5. The number of hydrogen-bond acceptors (Lipinski definition) is 6. The predicted octanol–water partition coefficient (Wildman–Crippen LogP) is 3.35. The Kier molecular flexibility index (Phi) is 6.15. The maximum absolute atomic E-state index is 12.2. The maximum Gasteiger partial charge on any atom is 0.337 e. The van der Waals surface area contributed by atoms with E-state index in [9.17, 15) is 4.79 Å². The van der Waals surface area contributed by atoms with Gasteiger partial charge in [-0.25, -0.2) is 9.48 Å². The molecule has 0 bridgehead atoms. The second-order valence-electron chi connectivity index (χ2n) is 8.15. The molecular formula is C24H29N5O2. The van der Waals surface area contributed by atoms with E-state index in [1.54, 1.807) is 6.07 Å². The Morgan fingerprint density at radius 3 is 2.77 bits per heavy atom. The fraction of sp³-hybridized carbons (Fsp3) is 0.375. The van der Waals surface area contributed by atoms with E-state index in [2.05, 4.69) is 40.5 Å². The van der Waals surface area contributed by atoms with E-state index in [-0.39, 0.29) is 18.2 Å². The van der Waals surface area contributed by atoms with Crippen LogP contribution in [-0.4, -0.2) is 69.6 Å². The molecule has 1 aliphatic heterocycles. The highest BCUT2D eigenvalue weighted by molar-refractivity contribution is 5.89. The minimum absolute atomic E-state index is 0.194. The number of fused-ring (bicyclic) bond motifs is 1. The van der Waals surface area contributed by atoms with Crippen molar-refractivity contribution in [2.45, 2.75) is 32.1 Å². The first-order valence-electron chi connectivity index (χ1n) is 10.6. The zero-order valence-electron chi connectivity index (χ0n) is 18.3. The van der Waals surface area contributed by atoms with Gasteiger partial charge in [-0.1, -0.05) is 35.6 Å². The molecule has 4 rings (SSSR count). The Labute approximate surface area is 182 Å². The van der Waals surface area contributed by atoms with Gasteiger partial charge in [-0.05, 0) is 43.7 Å². The van der Waals surface area contributed by atoms with Gasteiger partial charge in [-0.2, -0.15) is 0 Å². The number of hydrogen-bond donors (Lipinski definition) is 0. The minimum Gasteiger partial charge on any atom is -0.465 e. The molecule has 0 radical (unpaired) electrons. The van der Waals surface area contributed by atoms with E-state index in [0.717, 1.165) is 36.2 Å². The van der Waals surface area contributed by atoms with Gasteiger partial charge in [0.1, 0.15) is 11.7 Å². The fourth-order valence-corrected chi connectivity index (χ4v) is 4.47. The predicted molar refractivity (Wildman–Crippen MR) is 121 cm³/mol. The van der Waals surface area contributed by atoms with Crippen LogP contribution in [0.1, 0.15) is 35.9 Å². The van der Waals surface area contributed by atoms with Crippen molar-refractivity contribution in [1.29, 1.82) is 0 Å². The summed E-state index contributed by atoms with van der Waals surface area (Å²) in [4.78, 5) is 17.1. The van der Waals surface area contributed by atoms with E-state index in [0.29, 0.717) is 11.6 Å². The van der Waals surface area contributed by atoms with Crippen LogP contribution >= 0.6 is 0 Å². The molecule has 0 amide bonds. The molecule has 1 unspecified atom stereocenters. The zero-order chi connectivity index (χ0) is 22.0. The number of esters is 1. The molecule has 1 aromatic heterocycles. The normalized spacial score (nSPS) is 21.1. The second kappa shape index (κ2) is 8.99. The molecule has 7 nitrogen and oxygen atoms in total. The molecule has 7 heteroatoms. The summed E-state index contributed by atoms with van der Waals surface area (Å²) in [6, 6.07) is 16.2. The van der Waals surface area contributed by atoms with E-state index in [1.807, 2.05) is 53.2 Å². The average Bonchev–Trinajstić information content (AvgIpc) is 3.21. The first-order valence-corrected chi connectivity index (χ1v) is 10.6. The number of carbonyl (C=O) groups excluding carboxylic acids is 1. The van der Waals surface area contributed by atoms with Crippen molar-refractivity contribution < 1.29 is 9.53 Å². The molecule has 162 valence electrons. The smallest absolute Gasteiger partial charge is 0.337 e. The molecule has 3 atom stereocenters. The number of methoxy groups -OCH3 is 1. The molecule has 2 aromatic carbocycles. The molecular weight excluding hydrogens is 390 g/mol. The van der Waals surface area contributed by atoms with Gasteiger partial charge in [0, 0.05) is 31.7 Å². The van der Waals surface area contributed by atoms with Gasteiger partial charge < -0.3 is 4.74 Å². The van der Waals surface area contributed by atoms with E-state index < -0.39 is 0 Å². The van der Waals surface area contributed by atoms with Crippen LogP contribution in [0.3, 0.4) is 0 Å². The number of carbonyl (C=O) groups is 1. The lowest BCUT2D eigenvalue weighted by Gasteiger charge is -2.47. The van der Waals surface area contributed by atoms with Crippen molar-refractivity contribution in [1.82, 2.24) is 24.8 Å². The summed E-state index contributed by atoms with van der Waals surface area (Å²) in [5.41, 5.74) is 3.32. The Balaban J connectivity index is 1.81. The molecule has 1 saturated heterocycles. The van der Waals surface area contributed by atoms with Crippen LogP contribution in [0.25, 0.3) is 11.0 Å². The van der Waals surface area contributed by atoms with Crippen LogP contribution in [0.15, 0.2) is 61.2 Å². The van der Waals surface area contributed by atoms with Gasteiger partial charge in [0.05, 0.1) is 18.2 Å². The summed E-state index contributed by atoms with van der Waals surface area (Å²) in [7, 11) is 1.40. The molecule has 2 heterocycles. The summed E-state index contributed by atoms with van der Waals surface area (Å²) in [6.07, 6.45) is 1.77. The van der Waals surface area contributed by atoms with E-state index >= 15 is 0 Å². The number of ether oxygens (including phenoxy) is 1. The second-order valence-corrected chi connectivity index (χ2v) is 8.15. The van der Waals surface area contributed by atoms with Crippen molar-refractivity contribution >= 4 is 17.0 Å². The van der Waals surface area contributed by atoms with E-state index in [1.165, 1.54) is 7.11 Å². The van der Waals surface area contributed by atoms with Crippen LogP contribution < -0.4 is 0 Å². The van der Waals surface area contributed by atoms with Crippen LogP contribution in [0.4, 0.5) is 0 Å². The van der Waals surface area contributed by atoms with Crippen molar-refractivity contribution in [2.75, 3.05) is 26.7 Å². The first kappa shape index (κ1) is 21.2. The molecule has 1 fully saturated rings. The lowest BCUT2D eigenvalue weighted by molar-refractivity contribution is 0.00784. The molecule has 1 aliphatic rings. The Morgan fingerprint density at radius 2 is 2.00 bits per heavy atom. The maximum atomic E-state index is 12.2. The van der Waals surface area contributed by atoms with Gasteiger partial charge in [-0.3, -0.25) is 9.80 Å². The van der Waals surface area contributed by atoms with Gasteiger partial charge in [0.25, 0.3) is 0 Å². The standard InChI is InChI=1S/C24H29N5O2/c1-5-13-27-15-18(3)28(16-17(27)2)23(19-9-8-10-20(14-19)24(30)31-4)29-22-12-7-6-11-21(22)25-26-29/h5-12,14,17-18,23H,1,13,15-16H2,2-4H3/t17-,18-,23?/m0/s1. The number of rotatable bonds is 6. The molecule has 31 heavy (non-hydrogen) atoms. The molecule has 0 N–H and O–H groups in total. The van der Waals surface area contributed by atoms with Gasteiger partial charge in [-0.15, -0.1) is 11.7 Å². The number of aromatic nitrogens is 3. The Hall–Kier alpha value is -3.03. The molecule has 0 aliphatic carbocycles. The highest BCUT2D eigenvalue weighted by Crippen LogP contribution is 2.31. The third kappa shape index (κ3) is 4.11. The van der Waals surface area contributed by atoms with Gasteiger partial charge >= 0.3 is 5.97 Å². The lowest BCUT2D eigenvalue weighted by Crippen LogP contribution is -2.58. The minimum atomic E-state index is -0.346. The SMILES string of the molecule is C=CCN1C[C@H](C)N(C(c2cccc(C(=O)OC)c2)n2nnc3ccccc32)C[C@@H]1C. The Bertz CT molecular complexity index is 1080. The molecule has 0 spiro atoms. The topological polar surface area (TPSA) is 63.5 Å².